The molecule has 29 heavy (non-hydrogen) atoms. The minimum atomic E-state index is -1.00. The van der Waals surface area contributed by atoms with E-state index in [0.29, 0.717) is 29.2 Å². The van der Waals surface area contributed by atoms with E-state index in [-0.39, 0.29) is 11.9 Å². The molecule has 0 aromatic heterocycles. The molecule has 0 aliphatic heterocycles. The Labute approximate surface area is 171 Å². The van der Waals surface area contributed by atoms with Crippen LogP contribution in [0.15, 0.2) is 48.5 Å². The van der Waals surface area contributed by atoms with Crippen LogP contribution >= 0.6 is 0 Å². The fourth-order valence-corrected chi connectivity index (χ4v) is 2.82. The first kappa shape index (κ1) is 20.7. The summed E-state index contributed by atoms with van der Waals surface area (Å²) in [4.78, 5) is 25.4. The highest BCUT2D eigenvalue weighted by atomic mass is 16.5. The van der Waals surface area contributed by atoms with Gasteiger partial charge in [0.05, 0.1) is 19.3 Å². The van der Waals surface area contributed by atoms with Crippen molar-refractivity contribution in [3.8, 4) is 11.5 Å². The van der Waals surface area contributed by atoms with E-state index in [1.165, 1.54) is 7.11 Å². The van der Waals surface area contributed by atoms with Crippen molar-refractivity contribution in [1.29, 1.82) is 0 Å². The molecule has 154 valence electrons. The van der Waals surface area contributed by atoms with Gasteiger partial charge in [0.25, 0.3) is 5.91 Å². The van der Waals surface area contributed by atoms with Gasteiger partial charge in [-0.3, -0.25) is 4.79 Å². The van der Waals surface area contributed by atoms with Crippen LogP contribution in [0.3, 0.4) is 0 Å². The molecule has 0 spiro atoms. The zero-order valence-corrected chi connectivity index (χ0v) is 16.9. The highest BCUT2D eigenvalue weighted by Gasteiger charge is 2.31. The van der Waals surface area contributed by atoms with Gasteiger partial charge in [0.15, 0.2) is 11.5 Å². The molecule has 6 nitrogen and oxygen atoms in total. The molecule has 0 heterocycles. The number of carbonyl (C=O) groups is 2. The third-order valence-corrected chi connectivity index (χ3v) is 4.64. The van der Waals surface area contributed by atoms with Crippen molar-refractivity contribution in [1.82, 2.24) is 5.32 Å². The van der Waals surface area contributed by atoms with Crippen LogP contribution in [0.5, 0.6) is 11.5 Å². The van der Waals surface area contributed by atoms with Crippen LogP contribution < -0.4 is 14.8 Å². The number of rotatable bonds is 10. The van der Waals surface area contributed by atoms with E-state index in [0.717, 1.165) is 25.7 Å². The van der Waals surface area contributed by atoms with E-state index in [4.69, 9.17) is 14.2 Å². The van der Waals surface area contributed by atoms with Crippen LogP contribution in [0, 0.1) is 0 Å². The van der Waals surface area contributed by atoms with Crippen molar-refractivity contribution in [2.45, 2.75) is 44.8 Å². The molecule has 2 aromatic rings. The van der Waals surface area contributed by atoms with Crippen molar-refractivity contribution in [3.63, 3.8) is 0 Å². The molecule has 1 aliphatic rings. The van der Waals surface area contributed by atoms with Crippen molar-refractivity contribution >= 4 is 11.9 Å². The number of benzene rings is 2. The maximum atomic E-state index is 12.8. The van der Waals surface area contributed by atoms with Gasteiger partial charge in [-0.05, 0) is 37.5 Å². The lowest BCUT2D eigenvalue weighted by molar-refractivity contribution is -0.130. The summed E-state index contributed by atoms with van der Waals surface area (Å²) >= 11 is 0. The Morgan fingerprint density at radius 1 is 1.10 bits per heavy atom. The molecule has 2 aromatic carbocycles. The summed E-state index contributed by atoms with van der Waals surface area (Å²) in [6.07, 6.45) is 2.87. The predicted octanol–water partition coefficient (Wildman–Crippen LogP) is 4.05. The Balaban J connectivity index is 1.75. The minimum absolute atomic E-state index is 0.173. The van der Waals surface area contributed by atoms with Crippen molar-refractivity contribution in [2.24, 2.45) is 0 Å². The molecule has 3 rings (SSSR count). The van der Waals surface area contributed by atoms with Gasteiger partial charge in [0.1, 0.15) is 0 Å². The molecule has 1 saturated carbocycles. The summed E-state index contributed by atoms with van der Waals surface area (Å²) in [7, 11) is 1.52. The second-order valence-electron chi connectivity index (χ2n) is 7.05. The summed E-state index contributed by atoms with van der Waals surface area (Å²) in [5, 5.41) is 2.91. The van der Waals surface area contributed by atoms with E-state index in [9.17, 15) is 9.59 Å². The number of methoxy groups -OCH3 is 1. The number of ether oxygens (including phenoxy) is 3. The van der Waals surface area contributed by atoms with Gasteiger partial charge in [-0.15, -0.1) is 0 Å². The average molecular weight is 397 g/mol. The first-order chi connectivity index (χ1) is 14.1. The number of unbranched alkanes of at least 4 members (excludes halogenated alkanes) is 1. The maximum Gasteiger partial charge on any atom is 0.339 e. The summed E-state index contributed by atoms with van der Waals surface area (Å²) in [5.41, 5.74) is 0.926. The predicted molar refractivity (Wildman–Crippen MR) is 109 cm³/mol. The van der Waals surface area contributed by atoms with E-state index in [2.05, 4.69) is 12.2 Å². The lowest BCUT2D eigenvalue weighted by atomic mass is 10.1. The van der Waals surface area contributed by atoms with Crippen LogP contribution in [0.25, 0.3) is 0 Å². The lowest BCUT2D eigenvalue weighted by Crippen LogP contribution is -2.33. The Morgan fingerprint density at radius 2 is 1.86 bits per heavy atom. The number of hydrogen-bond acceptors (Lipinski definition) is 5. The van der Waals surface area contributed by atoms with Crippen LogP contribution in [-0.2, 0) is 9.53 Å². The molecule has 0 radical (unpaired) electrons. The molecule has 1 aliphatic carbocycles. The summed E-state index contributed by atoms with van der Waals surface area (Å²) in [6.45, 7) is 2.66. The molecule has 0 unspecified atom stereocenters. The molecular weight excluding hydrogens is 370 g/mol. The standard InChI is InChI=1S/C23H27NO5/c1-3-4-14-28-19-13-10-17(15-20(19)27-2)23(26)29-21(16-8-6-5-7-9-16)22(25)24-18-11-12-18/h5-10,13,15,18,21H,3-4,11-12,14H2,1-2H3,(H,24,25)/t21-/m0/s1. The van der Waals surface area contributed by atoms with Gasteiger partial charge in [-0.2, -0.15) is 0 Å². The van der Waals surface area contributed by atoms with E-state index in [1.807, 2.05) is 18.2 Å². The molecular formula is C23H27NO5. The van der Waals surface area contributed by atoms with E-state index >= 15 is 0 Å². The zero-order valence-electron chi connectivity index (χ0n) is 16.9. The van der Waals surface area contributed by atoms with Gasteiger partial charge in [-0.1, -0.05) is 43.7 Å². The summed E-state index contributed by atoms with van der Waals surface area (Å²) < 4.78 is 16.7. The van der Waals surface area contributed by atoms with Crippen molar-refractivity contribution in [2.75, 3.05) is 13.7 Å². The highest BCUT2D eigenvalue weighted by Crippen LogP contribution is 2.30. The van der Waals surface area contributed by atoms with Crippen LogP contribution in [0.4, 0.5) is 0 Å². The van der Waals surface area contributed by atoms with E-state index in [1.54, 1.807) is 30.3 Å². The SMILES string of the molecule is CCCCOc1ccc(C(=O)O[C@H](C(=O)NC2CC2)c2ccccc2)cc1OC. The number of amides is 1. The Bertz CT molecular complexity index is 832. The molecule has 1 fully saturated rings. The third-order valence-electron chi connectivity index (χ3n) is 4.64. The topological polar surface area (TPSA) is 73.9 Å². The zero-order chi connectivity index (χ0) is 20.6. The fraction of sp³-hybridized carbons (Fsp3) is 0.391. The first-order valence-corrected chi connectivity index (χ1v) is 9.99. The molecule has 1 amide bonds. The second-order valence-corrected chi connectivity index (χ2v) is 7.05. The molecule has 1 atom stereocenters. The maximum absolute atomic E-state index is 12.8. The Hall–Kier alpha value is -3.02. The van der Waals surface area contributed by atoms with Gasteiger partial charge < -0.3 is 19.5 Å². The van der Waals surface area contributed by atoms with Crippen molar-refractivity contribution in [3.05, 3.63) is 59.7 Å². The van der Waals surface area contributed by atoms with Crippen LogP contribution in [0.2, 0.25) is 0 Å². The number of hydrogen-bond donors (Lipinski definition) is 1. The quantitative estimate of drug-likeness (QED) is 0.484. The van der Waals surface area contributed by atoms with Gasteiger partial charge in [-0.25, -0.2) is 4.79 Å². The normalized spacial score (nSPS) is 14.0. The molecule has 0 bridgehead atoms. The first-order valence-electron chi connectivity index (χ1n) is 9.99. The van der Waals surface area contributed by atoms with Crippen molar-refractivity contribution < 1.29 is 23.8 Å². The van der Waals surface area contributed by atoms with Gasteiger partial charge in [0, 0.05) is 11.6 Å². The fourth-order valence-electron chi connectivity index (χ4n) is 2.82. The monoisotopic (exact) mass is 397 g/mol. The van der Waals surface area contributed by atoms with E-state index < -0.39 is 12.1 Å². The Morgan fingerprint density at radius 3 is 2.52 bits per heavy atom. The largest absolute Gasteiger partial charge is 0.493 e. The number of carbonyl (C=O) groups excluding carboxylic acids is 2. The van der Waals surface area contributed by atoms with Crippen LogP contribution in [0.1, 0.15) is 54.6 Å². The highest BCUT2D eigenvalue weighted by molar-refractivity contribution is 5.93. The smallest absolute Gasteiger partial charge is 0.339 e. The summed E-state index contributed by atoms with van der Waals surface area (Å²) in [5.74, 6) is 0.125. The third kappa shape index (κ3) is 5.73. The van der Waals surface area contributed by atoms with Crippen LogP contribution in [-0.4, -0.2) is 31.6 Å². The van der Waals surface area contributed by atoms with Gasteiger partial charge in [0.2, 0.25) is 6.10 Å². The number of esters is 1. The number of nitrogens with one attached hydrogen (secondary N) is 1. The van der Waals surface area contributed by atoms with Gasteiger partial charge >= 0.3 is 5.97 Å². The molecule has 0 saturated heterocycles. The second kappa shape index (κ2) is 9.96. The molecule has 1 N–H and O–H groups in total. The average Bonchev–Trinajstić information content (AvgIpc) is 3.56. The summed E-state index contributed by atoms with van der Waals surface area (Å²) in [6, 6.07) is 14.1. The molecule has 6 heteroatoms. The minimum Gasteiger partial charge on any atom is -0.493 e. The Kier molecular flexibility index (Phi) is 7.11. The lowest BCUT2D eigenvalue weighted by Gasteiger charge is -2.18.